The van der Waals surface area contributed by atoms with E-state index in [1.807, 2.05) is 6.92 Å². The Labute approximate surface area is 133 Å². The lowest BCUT2D eigenvalue weighted by Gasteiger charge is -2.30. The summed E-state index contributed by atoms with van der Waals surface area (Å²) in [7, 11) is 1.64. The van der Waals surface area contributed by atoms with E-state index in [9.17, 15) is 0 Å². The summed E-state index contributed by atoms with van der Waals surface area (Å²) in [5, 5.41) is 0. The average Bonchev–Trinajstić information content (AvgIpc) is 2.50. The van der Waals surface area contributed by atoms with Crippen molar-refractivity contribution in [1.82, 2.24) is 0 Å². The normalized spacial score (nSPS) is 27.5. The molecule has 0 amide bonds. The summed E-state index contributed by atoms with van der Waals surface area (Å²) in [4.78, 5) is 0. The Morgan fingerprint density at radius 3 is 2.05 bits per heavy atom. The lowest BCUT2D eigenvalue weighted by Crippen LogP contribution is -2.40. The van der Waals surface area contributed by atoms with Crippen molar-refractivity contribution in [3.63, 3.8) is 0 Å². The van der Waals surface area contributed by atoms with Gasteiger partial charge in [-0.2, -0.15) is 0 Å². The van der Waals surface area contributed by atoms with Crippen molar-refractivity contribution in [3.05, 3.63) is 0 Å². The van der Waals surface area contributed by atoms with Crippen molar-refractivity contribution in [3.8, 4) is 0 Å². The van der Waals surface area contributed by atoms with Crippen LogP contribution in [0.25, 0.3) is 0 Å². The Balaban J connectivity index is 2.34. The highest BCUT2D eigenvalue weighted by Gasteiger charge is 2.26. The molecule has 1 unspecified atom stereocenters. The van der Waals surface area contributed by atoms with Crippen LogP contribution in [0.4, 0.5) is 0 Å². The highest BCUT2D eigenvalue weighted by Crippen LogP contribution is 2.13. The van der Waals surface area contributed by atoms with Crippen LogP contribution < -0.4 is 0 Å². The maximum atomic E-state index is 5.78. The standard InChI is InChI=1S/C15H30O7/c1-15(21-12-6-16-2)14-20-5-3-4-17-7-8-18-9-10-19-11-13-22-15/h3-14H2,1-2H3. The van der Waals surface area contributed by atoms with Gasteiger partial charge in [0, 0.05) is 20.3 Å². The molecule has 0 spiro atoms. The van der Waals surface area contributed by atoms with Gasteiger partial charge in [0.1, 0.15) is 6.61 Å². The van der Waals surface area contributed by atoms with Crippen molar-refractivity contribution in [2.24, 2.45) is 0 Å². The zero-order valence-corrected chi connectivity index (χ0v) is 13.8. The second-order valence-electron chi connectivity index (χ2n) is 5.07. The van der Waals surface area contributed by atoms with Gasteiger partial charge in [-0.1, -0.05) is 0 Å². The first-order valence-corrected chi connectivity index (χ1v) is 7.85. The summed E-state index contributed by atoms with van der Waals surface area (Å²) < 4.78 is 38.4. The van der Waals surface area contributed by atoms with E-state index in [4.69, 9.17) is 33.2 Å². The molecule has 0 bridgehead atoms. The molecule has 0 aliphatic carbocycles. The predicted molar refractivity (Wildman–Crippen MR) is 80.1 cm³/mol. The molecule has 1 atom stereocenters. The maximum Gasteiger partial charge on any atom is 0.189 e. The highest BCUT2D eigenvalue weighted by atomic mass is 16.7. The molecule has 1 heterocycles. The number of ether oxygens (including phenoxy) is 7. The Morgan fingerprint density at radius 1 is 0.773 bits per heavy atom. The molecule has 0 aromatic rings. The van der Waals surface area contributed by atoms with Crippen molar-refractivity contribution in [2.75, 3.05) is 79.8 Å². The summed E-state index contributed by atoms with van der Waals surface area (Å²) in [6.45, 7) is 7.67. The first-order chi connectivity index (χ1) is 10.8. The van der Waals surface area contributed by atoms with Crippen LogP contribution in [0.3, 0.4) is 0 Å². The SMILES string of the molecule is COCCOC1(C)COCCCOCCOCCOCCO1. The van der Waals surface area contributed by atoms with Crippen molar-refractivity contribution in [1.29, 1.82) is 0 Å². The predicted octanol–water partition coefficient (Wildman–Crippen LogP) is 0.852. The van der Waals surface area contributed by atoms with Gasteiger partial charge in [-0.05, 0) is 13.3 Å². The van der Waals surface area contributed by atoms with Crippen LogP contribution in [0.1, 0.15) is 13.3 Å². The topological polar surface area (TPSA) is 64.6 Å². The van der Waals surface area contributed by atoms with Crippen LogP contribution in [0.2, 0.25) is 0 Å². The quantitative estimate of drug-likeness (QED) is 0.711. The van der Waals surface area contributed by atoms with Crippen LogP contribution in [-0.2, 0) is 33.2 Å². The van der Waals surface area contributed by atoms with Crippen LogP contribution in [0.15, 0.2) is 0 Å². The van der Waals surface area contributed by atoms with E-state index in [-0.39, 0.29) is 0 Å². The summed E-state index contributed by atoms with van der Waals surface area (Å²) in [5.41, 5.74) is 0. The number of methoxy groups -OCH3 is 1. The zero-order chi connectivity index (χ0) is 15.9. The number of hydrogen-bond donors (Lipinski definition) is 0. The van der Waals surface area contributed by atoms with E-state index in [1.54, 1.807) is 7.11 Å². The van der Waals surface area contributed by atoms with Crippen LogP contribution in [0, 0.1) is 0 Å². The molecule has 7 nitrogen and oxygen atoms in total. The smallest absolute Gasteiger partial charge is 0.189 e. The molecule has 132 valence electrons. The third-order valence-electron chi connectivity index (χ3n) is 3.02. The summed E-state index contributed by atoms with van der Waals surface area (Å²) in [6, 6.07) is 0. The summed E-state index contributed by atoms with van der Waals surface area (Å²) >= 11 is 0. The molecule has 22 heavy (non-hydrogen) atoms. The molecule has 0 aromatic carbocycles. The molecule has 0 N–H and O–H groups in total. The first kappa shape index (κ1) is 19.8. The van der Waals surface area contributed by atoms with Crippen molar-refractivity contribution in [2.45, 2.75) is 19.1 Å². The first-order valence-electron chi connectivity index (χ1n) is 7.85. The zero-order valence-electron chi connectivity index (χ0n) is 13.8. The molecule has 7 heteroatoms. The molecule has 1 rings (SSSR count). The fourth-order valence-electron chi connectivity index (χ4n) is 1.84. The van der Waals surface area contributed by atoms with Gasteiger partial charge in [0.25, 0.3) is 0 Å². The largest absolute Gasteiger partial charge is 0.382 e. The van der Waals surface area contributed by atoms with Crippen molar-refractivity contribution >= 4 is 0 Å². The van der Waals surface area contributed by atoms with Gasteiger partial charge in [0.05, 0.1) is 52.9 Å². The van der Waals surface area contributed by atoms with Gasteiger partial charge in [-0.3, -0.25) is 0 Å². The molecule has 0 aromatic heterocycles. The molecule has 1 aliphatic rings. The minimum absolute atomic E-state index is 0.361. The Morgan fingerprint density at radius 2 is 1.36 bits per heavy atom. The van der Waals surface area contributed by atoms with E-state index >= 15 is 0 Å². The van der Waals surface area contributed by atoms with E-state index in [0.29, 0.717) is 72.7 Å². The lowest BCUT2D eigenvalue weighted by molar-refractivity contribution is -0.257. The fraction of sp³-hybridized carbons (Fsp3) is 1.00. The number of hydrogen-bond acceptors (Lipinski definition) is 7. The Hall–Kier alpha value is -0.280. The monoisotopic (exact) mass is 322 g/mol. The van der Waals surface area contributed by atoms with Gasteiger partial charge < -0.3 is 33.2 Å². The fourth-order valence-corrected chi connectivity index (χ4v) is 1.84. The van der Waals surface area contributed by atoms with Crippen LogP contribution in [-0.4, -0.2) is 85.6 Å². The Kier molecular flexibility index (Phi) is 11.8. The van der Waals surface area contributed by atoms with E-state index in [1.165, 1.54) is 0 Å². The molecular weight excluding hydrogens is 292 g/mol. The van der Waals surface area contributed by atoms with Crippen LogP contribution >= 0.6 is 0 Å². The molecule has 0 radical (unpaired) electrons. The molecule has 1 saturated heterocycles. The maximum absolute atomic E-state index is 5.78. The minimum atomic E-state index is -0.795. The van der Waals surface area contributed by atoms with E-state index in [2.05, 4.69) is 0 Å². The molecule has 1 fully saturated rings. The highest BCUT2D eigenvalue weighted by molar-refractivity contribution is 4.62. The summed E-state index contributed by atoms with van der Waals surface area (Å²) in [5.74, 6) is -0.795. The Bertz CT molecular complexity index is 234. The number of rotatable bonds is 4. The second-order valence-corrected chi connectivity index (χ2v) is 5.07. The van der Waals surface area contributed by atoms with E-state index in [0.717, 1.165) is 6.42 Å². The third kappa shape index (κ3) is 10.4. The van der Waals surface area contributed by atoms with Gasteiger partial charge in [0.2, 0.25) is 0 Å². The lowest BCUT2D eigenvalue weighted by atomic mass is 10.3. The third-order valence-corrected chi connectivity index (χ3v) is 3.02. The van der Waals surface area contributed by atoms with Crippen LogP contribution in [0.5, 0.6) is 0 Å². The van der Waals surface area contributed by atoms with Gasteiger partial charge in [-0.15, -0.1) is 0 Å². The molecular formula is C15H30O7. The van der Waals surface area contributed by atoms with E-state index < -0.39 is 5.79 Å². The van der Waals surface area contributed by atoms with Gasteiger partial charge >= 0.3 is 0 Å². The molecule has 0 saturated carbocycles. The van der Waals surface area contributed by atoms with Crippen molar-refractivity contribution < 1.29 is 33.2 Å². The molecule has 1 aliphatic heterocycles. The minimum Gasteiger partial charge on any atom is -0.382 e. The summed E-state index contributed by atoms with van der Waals surface area (Å²) in [6.07, 6.45) is 0.831. The van der Waals surface area contributed by atoms with Gasteiger partial charge in [0.15, 0.2) is 5.79 Å². The average molecular weight is 322 g/mol. The van der Waals surface area contributed by atoms with Gasteiger partial charge in [-0.25, -0.2) is 0 Å². The second kappa shape index (κ2) is 13.2.